The molecule has 1 aromatic carbocycles. The van der Waals surface area contributed by atoms with Crippen molar-refractivity contribution in [3.8, 4) is 0 Å². The summed E-state index contributed by atoms with van der Waals surface area (Å²) in [6, 6.07) is 1.41. The van der Waals surface area contributed by atoms with Crippen molar-refractivity contribution in [1.82, 2.24) is 0 Å². The monoisotopic (exact) mass is 186 g/mol. The molecule has 0 aliphatic rings. The highest BCUT2D eigenvalue weighted by molar-refractivity contribution is 5.23. The van der Waals surface area contributed by atoms with Crippen LogP contribution in [0.5, 0.6) is 0 Å². The molecule has 0 radical (unpaired) electrons. The molecule has 70 valence electrons. The molecule has 0 aromatic heterocycles. The van der Waals surface area contributed by atoms with E-state index in [4.69, 9.17) is 0 Å². The van der Waals surface area contributed by atoms with Crippen LogP contribution in [0.3, 0.4) is 0 Å². The predicted molar refractivity (Wildman–Crippen MR) is 44.8 cm³/mol. The Labute approximate surface area is 74.7 Å². The molecule has 1 aromatic rings. The Kier molecular flexibility index (Phi) is 2.76. The van der Waals surface area contributed by atoms with Gasteiger partial charge in [-0.25, -0.2) is 13.2 Å². The average Bonchev–Trinajstić information content (AvgIpc) is 1.99. The molecule has 0 atom stereocenters. The summed E-state index contributed by atoms with van der Waals surface area (Å²) in [6.45, 7) is 5.26. The summed E-state index contributed by atoms with van der Waals surface area (Å²) in [5.74, 6) is -2.93. The Morgan fingerprint density at radius 3 is 2.23 bits per heavy atom. The second-order valence-electron chi connectivity index (χ2n) is 2.99. The summed E-state index contributed by atoms with van der Waals surface area (Å²) in [5, 5.41) is 0. The second-order valence-corrected chi connectivity index (χ2v) is 2.99. The average molecular weight is 186 g/mol. The maximum Gasteiger partial charge on any atom is 0.161 e. The highest BCUT2D eigenvalue weighted by Crippen LogP contribution is 2.16. The summed E-state index contributed by atoms with van der Waals surface area (Å²) in [4.78, 5) is 0. The minimum Gasteiger partial charge on any atom is -0.207 e. The minimum absolute atomic E-state index is 0.131. The number of allylic oxidation sites excluding steroid dienone is 1. The number of rotatable bonds is 2. The van der Waals surface area contributed by atoms with Gasteiger partial charge in [-0.2, -0.15) is 0 Å². The molecule has 0 saturated carbocycles. The Hall–Kier alpha value is -1.25. The fourth-order valence-electron chi connectivity index (χ4n) is 1.02. The molecule has 0 heterocycles. The lowest BCUT2D eigenvalue weighted by atomic mass is 10.1. The van der Waals surface area contributed by atoms with Crippen LogP contribution in [0.2, 0.25) is 0 Å². The van der Waals surface area contributed by atoms with Crippen LogP contribution in [0.4, 0.5) is 13.2 Å². The number of halogens is 3. The highest BCUT2D eigenvalue weighted by atomic mass is 19.2. The SMILES string of the molecule is C=C(C)Cc1cc(F)c(F)cc1F. The number of hydrogen-bond donors (Lipinski definition) is 0. The Morgan fingerprint density at radius 2 is 1.69 bits per heavy atom. The van der Waals surface area contributed by atoms with E-state index in [1.165, 1.54) is 0 Å². The minimum atomic E-state index is -1.16. The van der Waals surface area contributed by atoms with Crippen LogP contribution in [0.15, 0.2) is 24.3 Å². The first-order valence-electron chi connectivity index (χ1n) is 3.78. The van der Waals surface area contributed by atoms with Gasteiger partial charge in [0, 0.05) is 6.07 Å². The quantitative estimate of drug-likeness (QED) is 0.491. The van der Waals surface area contributed by atoms with Gasteiger partial charge in [0.15, 0.2) is 11.6 Å². The van der Waals surface area contributed by atoms with E-state index in [9.17, 15) is 13.2 Å². The van der Waals surface area contributed by atoms with E-state index in [2.05, 4.69) is 6.58 Å². The van der Waals surface area contributed by atoms with Gasteiger partial charge in [0.2, 0.25) is 0 Å². The van der Waals surface area contributed by atoms with Crippen molar-refractivity contribution in [2.75, 3.05) is 0 Å². The van der Waals surface area contributed by atoms with Gasteiger partial charge in [-0.15, -0.1) is 0 Å². The van der Waals surface area contributed by atoms with E-state index in [0.717, 1.165) is 6.07 Å². The Balaban J connectivity index is 3.08. The van der Waals surface area contributed by atoms with Gasteiger partial charge in [-0.1, -0.05) is 12.2 Å². The van der Waals surface area contributed by atoms with Crippen molar-refractivity contribution >= 4 is 0 Å². The molecule has 0 unspecified atom stereocenters. The van der Waals surface area contributed by atoms with Gasteiger partial charge in [-0.05, 0) is 25.0 Å². The molecule has 1 rings (SSSR count). The van der Waals surface area contributed by atoms with E-state index >= 15 is 0 Å². The summed E-state index contributed by atoms with van der Waals surface area (Å²) in [5.41, 5.74) is 0.830. The van der Waals surface area contributed by atoms with E-state index < -0.39 is 17.5 Å². The van der Waals surface area contributed by atoms with Crippen LogP contribution >= 0.6 is 0 Å². The Bertz CT molecular complexity index is 342. The molecular formula is C10H9F3. The summed E-state index contributed by atoms with van der Waals surface area (Å²) < 4.78 is 38.0. The van der Waals surface area contributed by atoms with Crippen molar-refractivity contribution in [2.24, 2.45) is 0 Å². The zero-order valence-corrected chi connectivity index (χ0v) is 7.20. The van der Waals surface area contributed by atoms with Crippen molar-refractivity contribution in [3.05, 3.63) is 47.3 Å². The highest BCUT2D eigenvalue weighted by Gasteiger charge is 2.09. The normalized spacial score (nSPS) is 10.2. The molecule has 0 aliphatic heterocycles. The van der Waals surface area contributed by atoms with Crippen molar-refractivity contribution in [2.45, 2.75) is 13.3 Å². The van der Waals surface area contributed by atoms with E-state index in [-0.39, 0.29) is 12.0 Å². The number of benzene rings is 1. The maximum absolute atomic E-state index is 12.9. The summed E-state index contributed by atoms with van der Waals surface area (Å²) >= 11 is 0. The summed E-state index contributed by atoms with van der Waals surface area (Å²) in [7, 11) is 0. The third-order valence-corrected chi connectivity index (χ3v) is 1.58. The fraction of sp³-hybridized carbons (Fsp3) is 0.200. The van der Waals surface area contributed by atoms with Gasteiger partial charge in [0.1, 0.15) is 5.82 Å². The van der Waals surface area contributed by atoms with Crippen LogP contribution < -0.4 is 0 Å². The lowest BCUT2D eigenvalue weighted by molar-refractivity contribution is 0.491. The van der Waals surface area contributed by atoms with Gasteiger partial charge in [0.05, 0.1) is 0 Å². The molecule has 3 heteroatoms. The summed E-state index contributed by atoms with van der Waals surface area (Å²) in [6.07, 6.45) is 0.225. The first-order chi connectivity index (χ1) is 6.00. The molecular weight excluding hydrogens is 177 g/mol. The molecule has 0 saturated heterocycles. The van der Waals surface area contributed by atoms with Gasteiger partial charge < -0.3 is 0 Å². The lowest BCUT2D eigenvalue weighted by Crippen LogP contribution is -1.95. The molecule has 0 amide bonds. The second kappa shape index (κ2) is 3.64. The molecule has 0 fully saturated rings. The lowest BCUT2D eigenvalue weighted by Gasteiger charge is -2.03. The van der Waals surface area contributed by atoms with Crippen LogP contribution in [0.1, 0.15) is 12.5 Å². The molecule has 0 spiro atoms. The van der Waals surface area contributed by atoms with E-state index in [1.807, 2.05) is 0 Å². The van der Waals surface area contributed by atoms with Crippen molar-refractivity contribution < 1.29 is 13.2 Å². The van der Waals surface area contributed by atoms with E-state index in [0.29, 0.717) is 11.6 Å². The van der Waals surface area contributed by atoms with Crippen molar-refractivity contribution in [3.63, 3.8) is 0 Å². The standard InChI is InChI=1S/C10H9F3/c1-6(2)3-7-4-9(12)10(13)5-8(7)11/h4-5H,1,3H2,2H3. The van der Waals surface area contributed by atoms with Gasteiger partial charge in [0.25, 0.3) is 0 Å². The van der Waals surface area contributed by atoms with Crippen molar-refractivity contribution in [1.29, 1.82) is 0 Å². The topological polar surface area (TPSA) is 0 Å². The number of hydrogen-bond acceptors (Lipinski definition) is 0. The Morgan fingerprint density at radius 1 is 1.15 bits per heavy atom. The van der Waals surface area contributed by atoms with Gasteiger partial charge >= 0.3 is 0 Å². The van der Waals surface area contributed by atoms with E-state index in [1.54, 1.807) is 6.92 Å². The third kappa shape index (κ3) is 2.34. The van der Waals surface area contributed by atoms with Crippen LogP contribution in [-0.4, -0.2) is 0 Å². The first-order valence-corrected chi connectivity index (χ1v) is 3.78. The third-order valence-electron chi connectivity index (χ3n) is 1.58. The zero-order chi connectivity index (χ0) is 10.0. The molecule has 13 heavy (non-hydrogen) atoms. The molecule has 0 aliphatic carbocycles. The molecule has 0 N–H and O–H groups in total. The van der Waals surface area contributed by atoms with Crippen LogP contribution in [-0.2, 0) is 6.42 Å². The first kappa shape index (κ1) is 9.84. The maximum atomic E-state index is 12.9. The molecule has 0 nitrogen and oxygen atoms in total. The smallest absolute Gasteiger partial charge is 0.161 e. The van der Waals surface area contributed by atoms with Crippen LogP contribution in [0, 0.1) is 17.5 Å². The predicted octanol–water partition coefficient (Wildman–Crippen LogP) is 3.22. The molecule has 0 bridgehead atoms. The van der Waals surface area contributed by atoms with Gasteiger partial charge in [-0.3, -0.25) is 0 Å². The fourth-order valence-corrected chi connectivity index (χ4v) is 1.02. The zero-order valence-electron chi connectivity index (χ0n) is 7.20. The largest absolute Gasteiger partial charge is 0.207 e. The van der Waals surface area contributed by atoms with Crippen LogP contribution in [0.25, 0.3) is 0 Å².